The van der Waals surface area contributed by atoms with Gasteiger partial charge in [-0.25, -0.2) is 13.4 Å². The quantitative estimate of drug-likeness (QED) is 0.407. The number of rotatable bonds is 7. The monoisotopic (exact) mass is 479 g/mol. The number of thiazole rings is 1. The van der Waals surface area contributed by atoms with Crippen molar-refractivity contribution in [2.75, 3.05) is 23.8 Å². The van der Waals surface area contributed by atoms with Crippen molar-refractivity contribution in [1.82, 2.24) is 4.98 Å². The molecule has 7 nitrogen and oxygen atoms in total. The molecule has 0 spiro atoms. The SMILES string of the molecule is COc1ccc(N(C)S(=O)(=O)c2cccc(C(=O)Nc3nc(-c4ccccc4)cs3)c2)cc1. The zero-order valence-corrected chi connectivity index (χ0v) is 19.6. The normalized spacial score (nSPS) is 11.1. The van der Waals surface area contributed by atoms with Gasteiger partial charge in [0.15, 0.2) is 5.13 Å². The summed E-state index contributed by atoms with van der Waals surface area (Å²) in [5.41, 5.74) is 2.40. The highest BCUT2D eigenvalue weighted by molar-refractivity contribution is 7.92. The number of ether oxygens (including phenoxy) is 1. The summed E-state index contributed by atoms with van der Waals surface area (Å²) in [7, 11) is -0.868. The van der Waals surface area contributed by atoms with E-state index in [-0.39, 0.29) is 10.5 Å². The van der Waals surface area contributed by atoms with E-state index in [4.69, 9.17) is 4.74 Å². The Bertz CT molecular complexity index is 1370. The zero-order chi connectivity index (χ0) is 23.4. The molecule has 0 fully saturated rings. The number of methoxy groups -OCH3 is 1. The van der Waals surface area contributed by atoms with Gasteiger partial charge in [-0.2, -0.15) is 0 Å². The van der Waals surface area contributed by atoms with Crippen LogP contribution in [0.2, 0.25) is 0 Å². The van der Waals surface area contributed by atoms with Gasteiger partial charge in [-0.1, -0.05) is 36.4 Å². The smallest absolute Gasteiger partial charge is 0.264 e. The maximum Gasteiger partial charge on any atom is 0.264 e. The van der Waals surface area contributed by atoms with E-state index < -0.39 is 15.9 Å². The standard InChI is InChI=1S/C24H21N3O4S2/c1-27(19-11-13-20(31-2)14-12-19)33(29,30)21-10-6-9-18(15-21)23(28)26-24-25-22(16-32-24)17-7-4-3-5-8-17/h3-16H,1-2H3,(H,25,26,28). The molecule has 0 saturated carbocycles. The van der Waals surface area contributed by atoms with Crippen LogP contribution < -0.4 is 14.4 Å². The minimum atomic E-state index is -3.87. The molecule has 1 N–H and O–H groups in total. The highest BCUT2D eigenvalue weighted by atomic mass is 32.2. The van der Waals surface area contributed by atoms with E-state index in [9.17, 15) is 13.2 Å². The molecule has 4 aromatic rings. The lowest BCUT2D eigenvalue weighted by Gasteiger charge is -2.20. The van der Waals surface area contributed by atoms with E-state index in [1.807, 2.05) is 35.7 Å². The van der Waals surface area contributed by atoms with Crippen molar-refractivity contribution < 1.29 is 17.9 Å². The van der Waals surface area contributed by atoms with Crippen LogP contribution in [0.5, 0.6) is 5.75 Å². The molecule has 0 radical (unpaired) electrons. The van der Waals surface area contributed by atoms with E-state index in [2.05, 4.69) is 10.3 Å². The number of aromatic nitrogens is 1. The maximum atomic E-state index is 13.1. The molecule has 0 saturated heterocycles. The van der Waals surface area contributed by atoms with Gasteiger partial charge >= 0.3 is 0 Å². The van der Waals surface area contributed by atoms with Crippen LogP contribution in [0.15, 0.2) is 89.1 Å². The van der Waals surface area contributed by atoms with Gasteiger partial charge < -0.3 is 4.74 Å². The van der Waals surface area contributed by atoms with Crippen LogP contribution in [0.4, 0.5) is 10.8 Å². The highest BCUT2D eigenvalue weighted by Gasteiger charge is 2.23. The molecule has 4 rings (SSSR count). The number of hydrogen-bond acceptors (Lipinski definition) is 6. The molecule has 0 unspecified atom stereocenters. The third-order valence-electron chi connectivity index (χ3n) is 4.98. The number of nitrogens with one attached hydrogen (secondary N) is 1. The van der Waals surface area contributed by atoms with Gasteiger partial charge in [0, 0.05) is 23.6 Å². The average Bonchev–Trinajstić information content (AvgIpc) is 3.32. The van der Waals surface area contributed by atoms with E-state index in [0.29, 0.717) is 16.6 Å². The number of carbonyl (C=O) groups is 1. The fraction of sp³-hybridized carbons (Fsp3) is 0.0833. The third kappa shape index (κ3) is 4.89. The topological polar surface area (TPSA) is 88.6 Å². The Morgan fingerprint density at radius 3 is 2.42 bits per heavy atom. The Balaban J connectivity index is 1.53. The molecule has 1 heterocycles. The largest absolute Gasteiger partial charge is 0.497 e. The number of anilines is 2. The Kier molecular flexibility index (Phi) is 6.43. The van der Waals surface area contributed by atoms with Crippen molar-refractivity contribution in [2.24, 2.45) is 0 Å². The molecule has 33 heavy (non-hydrogen) atoms. The molecular weight excluding hydrogens is 458 g/mol. The van der Waals surface area contributed by atoms with Crippen LogP contribution in [-0.4, -0.2) is 33.5 Å². The van der Waals surface area contributed by atoms with Crippen LogP contribution in [-0.2, 0) is 10.0 Å². The molecule has 0 aliphatic carbocycles. The minimum absolute atomic E-state index is 0.0116. The minimum Gasteiger partial charge on any atom is -0.497 e. The predicted molar refractivity (Wildman–Crippen MR) is 131 cm³/mol. The summed E-state index contributed by atoms with van der Waals surface area (Å²) >= 11 is 1.30. The summed E-state index contributed by atoms with van der Waals surface area (Å²) in [4.78, 5) is 17.2. The van der Waals surface area contributed by atoms with Gasteiger partial charge in [-0.15, -0.1) is 11.3 Å². The lowest BCUT2D eigenvalue weighted by atomic mass is 10.2. The van der Waals surface area contributed by atoms with E-state index in [0.717, 1.165) is 15.6 Å². The summed E-state index contributed by atoms with van der Waals surface area (Å²) in [6, 6.07) is 22.2. The summed E-state index contributed by atoms with van der Waals surface area (Å²) in [5, 5.41) is 5.04. The molecule has 1 amide bonds. The number of amides is 1. The first-order chi connectivity index (χ1) is 15.9. The van der Waals surface area contributed by atoms with Gasteiger partial charge in [0.2, 0.25) is 0 Å². The highest BCUT2D eigenvalue weighted by Crippen LogP contribution is 2.27. The molecular formula is C24H21N3O4S2. The molecule has 0 atom stereocenters. The second-order valence-electron chi connectivity index (χ2n) is 7.06. The zero-order valence-electron chi connectivity index (χ0n) is 17.9. The summed E-state index contributed by atoms with van der Waals surface area (Å²) in [6.45, 7) is 0. The Hall–Kier alpha value is -3.69. The molecule has 9 heteroatoms. The van der Waals surface area contributed by atoms with Gasteiger partial charge in [0.25, 0.3) is 15.9 Å². The van der Waals surface area contributed by atoms with Gasteiger partial charge in [0.05, 0.1) is 23.4 Å². The van der Waals surface area contributed by atoms with Crippen LogP contribution in [0.3, 0.4) is 0 Å². The lowest BCUT2D eigenvalue weighted by Crippen LogP contribution is -2.26. The van der Waals surface area contributed by atoms with Crippen molar-refractivity contribution in [3.05, 3.63) is 89.8 Å². The Morgan fingerprint density at radius 1 is 1.00 bits per heavy atom. The number of carbonyl (C=O) groups excluding carboxylic acids is 1. The summed E-state index contributed by atoms with van der Waals surface area (Å²) in [5.74, 6) is 0.189. The van der Waals surface area contributed by atoms with Crippen molar-refractivity contribution in [2.45, 2.75) is 4.90 Å². The van der Waals surface area contributed by atoms with Crippen molar-refractivity contribution in [1.29, 1.82) is 0 Å². The van der Waals surface area contributed by atoms with Crippen molar-refractivity contribution >= 4 is 38.1 Å². The van der Waals surface area contributed by atoms with Crippen molar-refractivity contribution in [3.63, 3.8) is 0 Å². The van der Waals surface area contributed by atoms with E-state index in [1.54, 1.807) is 43.5 Å². The van der Waals surface area contributed by atoms with Crippen LogP contribution in [0.1, 0.15) is 10.4 Å². The van der Waals surface area contributed by atoms with Gasteiger partial charge in [-0.05, 0) is 42.5 Å². The Morgan fingerprint density at radius 2 is 1.73 bits per heavy atom. The van der Waals surface area contributed by atoms with Crippen LogP contribution in [0, 0.1) is 0 Å². The molecule has 1 aromatic heterocycles. The first-order valence-corrected chi connectivity index (χ1v) is 12.3. The van der Waals surface area contributed by atoms with Gasteiger partial charge in [-0.3, -0.25) is 14.4 Å². The van der Waals surface area contributed by atoms with Crippen molar-refractivity contribution in [3.8, 4) is 17.0 Å². The Labute approximate surface area is 196 Å². The first-order valence-electron chi connectivity index (χ1n) is 9.94. The van der Waals surface area contributed by atoms with E-state index in [1.165, 1.54) is 30.5 Å². The number of nitrogens with zero attached hydrogens (tertiary/aromatic N) is 2. The van der Waals surface area contributed by atoms with Crippen LogP contribution in [0.25, 0.3) is 11.3 Å². The molecule has 0 aliphatic heterocycles. The number of benzene rings is 3. The molecule has 0 aliphatic rings. The third-order valence-corrected chi connectivity index (χ3v) is 7.52. The molecule has 0 bridgehead atoms. The summed E-state index contributed by atoms with van der Waals surface area (Å²) in [6.07, 6.45) is 0. The fourth-order valence-electron chi connectivity index (χ4n) is 3.13. The maximum absolute atomic E-state index is 13.1. The predicted octanol–water partition coefficient (Wildman–Crippen LogP) is 4.90. The fourth-order valence-corrected chi connectivity index (χ4v) is 5.09. The van der Waals surface area contributed by atoms with Crippen LogP contribution >= 0.6 is 11.3 Å². The lowest BCUT2D eigenvalue weighted by molar-refractivity contribution is 0.102. The summed E-state index contributed by atoms with van der Waals surface area (Å²) < 4.78 is 32.5. The first kappa shape index (κ1) is 22.5. The molecule has 168 valence electrons. The second-order valence-corrected chi connectivity index (χ2v) is 9.88. The number of hydrogen-bond donors (Lipinski definition) is 1. The van der Waals surface area contributed by atoms with E-state index >= 15 is 0 Å². The second kappa shape index (κ2) is 9.43. The van der Waals surface area contributed by atoms with Gasteiger partial charge in [0.1, 0.15) is 5.75 Å². The molecule has 3 aromatic carbocycles. The number of sulfonamides is 1. The average molecular weight is 480 g/mol.